The summed E-state index contributed by atoms with van der Waals surface area (Å²) in [5.74, 6) is 0.161. The Morgan fingerprint density at radius 3 is 2.59 bits per heavy atom. The predicted octanol–water partition coefficient (Wildman–Crippen LogP) is 1.90. The van der Waals surface area contributed by atoms with Gasteiger partial charge in [-0.1, -0.05) is 31.2 Å². The number of hydrogen-bond donors (Lipinski definition) is 1. The lowest BCUT2D eigenvalue weighted by molar-refractivity contribution is -0.128. The molecule has 0 spiro atoms. The average Bonchev–Trinajstić information content (AvgIpc) is 2.75. The highest BCUT2D eigenvalue weighted by Gasteiger charge is 2.22. The quantitative estimate of drug-likeness (QED) is 0.863. The van der Waals surface area contributed by atoms with Crippen molar-refractivity contribution in [1.82, 2.24) is 4.90 Å². The molecule has 1 aliphatic heterocycles. The number of aliphatic hydroxyl groups excluding tert-OH is 1. The summed E-state index contributed by atoms with van der Waals surface area (Å²) in [6.07, 6.45) is 1.98. The Hall–Kier alpha value is -1.35. The number of aliphatic hydroxyl groups is 1. The van der Waals surface area contributed by atoms with E-state index in [2.05, 4.69) is 6.92 Å². The molecule has 1 aromatic rings. The van der Waals surface area contributed by atoms with Crippen molar-refractivity contribution in [2.45, 2.75) is 32.3 Å². The first-order valence-electron chi connectivity index (χ1n) is 6.25. The van der Waals surface area contributed by atoms with Crippen LogP contribution in [0.3, 0.4) is 0 Å². The highest BCUT2D eigenvalue weighted by Crippen LogP contribution is 2.18. The van der Waals surface area contributed by atoms with E-state index in [1.165, 1.54) is 5.56 Å². The van der Waals surface area contributed by atoms with Gasteiger partial charge in [-0.3, -0.25) is 4.79 Å². The second-order valence-corrected chi connectivity index (χ2v) is 4.55. The summed E-state index contributed by atoms with van der Waals surface area (Å²) in [5.41, 5.74) is 2.15. The molecule has 17 heavy (non-hydrogen) atoms. The lowest BCUT2D eigenvalue weighted by Gasteiger charge is -2.20. The molecule has 2 rings (SSSR count). The van der Waals surface area contributed by atoms with Crippen LogP contribution < -0.4 is 0 Å². The Labute approximate surface area is 102 Å². The molecule has 1 saturated heterocycles. The van der Waals surface area contributed by atoms with Crippen LogP contribution >= 0.6 is 0 Å². The highest BCUT2D eigenvalue weighted by molar-refractivity contribution is 5.78. The van der Waals surface area contributed by atoms with E-state index in [1.807, 2.05) is 24.3 Å². The van der Waals surface area contributed by atoms with Crippen molar-refractivity contribution >= 4 is 5.91 Å². The molecule has 0 saturated carbocycles. The van der Waals surface area contributed by atoms with Gasteiger partial charge >= 0.3 is 0 Å². The number of nitrogens with zero attached hydrogens (tertiary/aromatic N) is 1. The van der Waals surface area contributed by atoms with E-state index in [0.717, 1.165) is 24.9 Å². The number of aryl methyl sites for hydroxylation is 1. The summed E-state index contributed by atoms with van der Waals surface area (Å²) in [7, 11) is 0. The van der Waals surface area contributed by atoms with Gasteiger partial charge < -0.3 is 10.0 Å². The fourth-order valence-corrected chi connectivity index (χ4v) is 2.19. The van der Waals surface area contributed by atoms with Crippen LogP contribution in [0.2, 0.25) is 0 Å². The molecular weight excluding hydrogens is 214 g/mol. The topological polar surface area (TPSA) is 40.5 Å². The summed E-state index contributed by atoms with van der Waals surface area (Å²) in [6, 6.07) is 7.96. The summed E-state index contributed by atoms with van der Waals surface area (Å²) in [6.45, 7) is 3.31. The first-order valence-corrected chi connectivity index (χ1v) is 6.25. The number of rotatable bonds is 4. The molecule has 92 valence electrons. The Morgan fingerprint density at radius 2 is 2.06 bits per heavy atom. The second-order valence-electron chi connectivity index (χ2n) is 4.55. The molecule has 0 aromatic heterocycles. The number of amides is 1. The van der Waals surface area contributed by atoms with E-state index < -0.39 is 6.10 Å². The molecule has 1 N–H and O–H groups in total. The molecule has 1 heterocycles. The van der Waals surface area contributed by atoms with E-state index in [-0.39, 0.29) is 5.91 Å². The Bertz CT molecular complexity index is 386. The van der Waals surface area contributed by atoms with Crippen molar-refractivity contribution < 1.29 is 9.90 Å². The number of likely N-dealkylation sites (tertiary alicyclic amines) is 1. The zero-order valence-electron chi connectivity index (χ0n) is 10.2. The Kier molecular flexibility index (Phi) is 3.79. The Balaban J connectivity index is 1.98. The monoisotopic (exact) mass is 233 g/mol. The predicted molar refractivity (Wildman–Crippen MR) is 66.6 cm³/mol. The molecule has 1 amide bonds. The standard InChI is InChI=1S/C14H19NO2/c1-2-11-5-7-12(8-6-11)13(16)10-15-9-3-4-14(15)17/h5-8,13,16H,2-4,9-10H2,1H3. The second kappa shape index (κ2) is 5.32. The van der Waals surface area contributed by atoms with E-state index >= 15 is 0 Å². The van der Waals surface area contributed by atoms with Crippen LogP contribution in [0, 0.1) is 0 Å². The van der Waals surface area contributed by atoms with Gasteiger partial charge in [0.1, 0.15) is 0 Å². The molecule has 1 atom stereocenters. The number of benzene rings is 1. The van der Waals surface area contributed by atoms with E-state index in [9.17, 15) is 9.90 Å². The molecule has 0 aliphatic carbocycles. The maximum Gasteiger partial charge on any atom is 0.222 e. The zero-order valence-corrected chi connectivity index (χ0v) is 10.2. The van der Waals surface area contributed by atoms with Crippen LogP contribution in [0.4, 0.5) is 0 Å². The van der Waals surface area contributed by atoms with Crippen LogP contribution in [0.5, 0.6) is 0 Å². The lowest BCUT2D eigenvalue weighted by Crippen LogP contribution is -2.29. The normalized spacial score (nSPS) is 17.5. The van der Waals surface area contributed by atoms with Crippen molar-refractivity contribution in [3.05, 3.63) is 35.4 Å². The van der Waals surface area contributed by atoms with Gasteiger partial charge in [-0.05, 0) is 24.0 Å². The van der Waals surface area contributed by atoms with Gasteiger partial charge in [0, 0.05) is 13.0 Å². The Morgan fingerprint density at radius 1 is 1.35 bits per heavy atom. The van der Waals surface area contributed by atoms with Gasteiger partial charge in [0.15, 0.2) is 0 Å². The fourth-order valence-electron chi connectivity index (χ4n) is 2.19. The molecule has 3 heteroatoms. The molecule has 1 aliphatic rings. The van der Waals surface area contributed by atoms with Crippen molar-refractivity contribution in [2.24, 2.45) is 0 Å². The first-order chi connectivity index (χ1) is 8.20. The van der Waals surface area contributed by atoms with Gasteiger partial charge in [0.2, 0.25) is 5.91 Å². The average molecular weight is 233 g/mol. The van der Waals surface area contributed by atoms with Gasteiger partial charge in [-0.2, -0.15) is 0 Å². The van der Waals surface area contributed by atoms with Gasteiger partial charge in [-0.15, -0.1) is 0 Å². The molecule has 0 bridgehead atoms. The highest BCUT2D eigenvalue weighted by atomic mass is 16.3. The van der Waals surface area contributed by atoms with Gasteiger partial charge in [0.05, 0.1) is 12.6 Å². The van der Waals surface area contributed by atoms with Crippen molar-refractivity contribution in [2.75, 3.05) is 13.1 Å². The number of carbonyl (C=O) groups excluding carboxylic acids is 1. The maximum absolute atomic E-state index is 11.5. The minimum atomic E-state index is -0.567. The van der Waals surface area contributed by atoms with E-state index in [1.54, 1.807) is 4.90 Å². The largest absolute Gasteiger partial charge is 0.387 e. The van der Waals surface area contributed by atoms with Crippen LogP contribution in [0.25, 0.3) is 0 Å². The van der Waals surface area contributed by atoms with Gasteiger partial charge in [-0.25, -0.2) is 0 Å². The molecule has 1 unspecified atom stereocenters. The van der Waals surface area contributed by atoms with Crippen molar-refractivity contribution in [1.29, 1.82) is 0 Å². The third kappa shape index (κ3) is 2.86. The summed E-state index contributed by atoms with van der Waals surface area (Å²) in [5, 5.41) is 10.1. The summed E-state index contributed by atoms with van der Waals surface area (Å²) >= 11 is 0. The van der Waals surface area contributed by atoms with Gasteiger partial charge in [0.25, 0.3) is 0 Å². The molecular formula is C14H19NO2. The van der Waals surface area contributed by atoms with Crippen molar-refractivity contribution in [3.8, 4) is 0 Å². The molecule has 3 nitrogen and oxygen atoms in total. The van der Waals surface area contributed by atoms with Crippen LogP contribution in [0.15, 0.2) is 24.3 Å². The third-order valence-electron chi connectivity index (χ3n) is 3.34. The molecule has 1 fully saturated rings. The molecule has 1 aromatic carbocycles. The minimum absolute atomic E-state index is 0.161. The van der Waals surface area contributed by atoms with E-state index in [4.69, 9.17) is 0 Å². The third-order valence-corrected chi connectivity index (χ3v) is 3.34. The molecule has 0 radical (unpaired) electrons. The number of hydrogen-bond acceptors (Lipinski definition) is 2. The zero-order chi connectivity index (χ0) is 12.3. The van der Waals surface area contributed by atoms with E-state index in [0.29, 0.717) is 13.0 Å². The fraction of sp³-hybridized carbons (Fsp3) is 0.500. The number of β-amino-alcohol motifs (C(OH)–C–C–N with tert-alkyl or cyclic N) is 1. The SMILES string of the molecule is CCc1ccc(C(O)CN2CCCC2=O)cc1. The first kappa shape index (κ1) is 12.1. The smallest absolute Gasteiger partial charge is 0.222 e. The van der Waals surface area contributed by atoms with Crippen LogP contribution in [-0.2, 0) is 11.2 Å². The lowest BCUT2D eigenvalue weighted by atomic mass is 10.1. The maximum atomic E-state index is 11.5. The summed E-state index contributed by atoms with van der Waals surface area (Å²) in [4.78, 5) is 13.2. The van der Waals surface area contributed by atoms with Crippen molar-refractivity contribution in [3.63, 3.8) is 0 Å². The number of carbonyl (C=O) groups is 1. The van der Waals surface area contributed by atoms with Crippen LogP contribution in [-0.4, -0.2) is 29.0 Å². The summed E-state index contributed by atoms with van der Waals surface area (Å²) < 4.78 is 0. The minimum Gasteiger partial charge on any atom is -0.387 e. The van der Waals surface area contributed by atoms with Crippen LogP contribution in [0.1, 0.15) is 37.0 Å².